The van der Waals surface area contributed by atoms with Crippen LogP contribution in [0.2, 0.25) is 0 Å². The van der Waals surface area contributed by atoms with Gasteiger partial charge in [0.15, 0.2) is 0 Å². The Morgan fingerprint density at radius 2 is 2.11 bits per heavy atom. The number of nitrogens with two attached hydrogens (primary N) is 1. The highest BCUT2D eigenvalue weighted by Crippen LogP contribution is 2.25. The van der Waals surface area contributed by atoms with Crippen molar-refractivity contribution in [1.82, 2.24) is 15.2 Å². The second kappa shape index (κ2) is 4.40. The molecule has 3 aromatic rings. The van der Waals surface area contributed by atoms with Crippen LogP contribution in [0.5, 0.6) is 0 Å². The van der Waals surface area contributed by atoms with Gasteiger partial charge in [0.1, 0.15) is 0 Å². The third-order valence-electron chi connectivity index (χ3n) is 2.24. The van der Waals surface area contributed by atoms with Gasteiger partial charge in [-0.3, -0.25) is 4.72 Å². The van der Waals surface area contributed by atoms with Gasteiger partial charge in [-0.1, -0.05) is 11.3 Å². The van der Waals surface area contributed by atoms with E-state index in [1.54, 1.807) is 23.7 Å². The lowest BCUT2D eigenvalue weighted by Gasteiger charge is -2.04. The lowest BCUT2D eigenvalue weighted by molar-refractivity contribution is 0.599. The van der Waals surface area contributed by atoms with Crippen LogP contribution in [0.3, 0.4) is 0 Å². The van der Waals surface area contributed by atoms with Gasteiger partial charge >= 0.3 is 0 Å². The number of fused-ring (bicyclic) bond motifs is 1. The Labute approximate surface area is 116 Å². The summed E-state index contributed by atoms with van der Waals surface area (Å²) in [5.41, 5.74) is 8.35. The number of benzene rings is 1. The van der Waals surface area contributed by atoms with Crippen molar-refractivity contribution in [3.8, 4) is 0 Å². The van der Waals surface area contributed by atoms with Crippen LogP contribution in [-0.4, -0.2) is 23.6 Å². The fourth-order valence-corrected chi connectivity index (χ4v) is 4.00. The Bertz CT molecular complexity index is 838. The van der Waals surface area contributed by atoms with Gasteiger partial charge < -0.3 is 5.73 Å². The zero-order valence-corrected chi connectivity index (χ0v) is 11.7. The topological polar surface area (TPSA) is 111 Å². The average molecular weight is 313 g/mol. The fraction of sp³-hybridized carbons (Fsp3) is 0. The largest absolute Gasteiger partial charge is 0.374 e. The molecule has 0 aliphatic carbocycles. The van der Waals surface area contributed by atoms with Crippen molar-refractivity contribution < 1.29 is 8.42 Å². The monoisotopic (exact) mass is 313 g/mol. The summed E-state index contributed by atoms with van der Waals surface area (Å²) in [6, 6.07) is 5.11. The lowest BCUT2D eigenvalue weighted by atomic mass is 10.3. The summed E-state index contributed by atoms with van der Waals surface area (Å²) < 4.78 is 27.2. The minimum Gasteiger partial charge on any atom is -0.374 e. The molecule has 0 radical (unpaired) electrons. The van der Waals surface area contributed by atoms with Crippen LogP contribution >= 0.6 is 22.7 Å². The van der Waals surface area contributed by atoms with Crippen LogP contribution in [0, 0.1) is 0 Å². The van der Waals surface area contributed by atoms with E-state index in [-0.39, 0.29) is 9.47 Å². The maximum Gasteiger partial charge on any atom is 0.291 e. The van der Waals surface area contributed by atoms with Gasteiger partial charge in [0, 0.05) is 0 Å². The van der Waals surface area contributed by atoms with Gasteiger partial charge in [-0.05, 0) is 18.2 Å². The average Bonchev–Trinajstić information content (AvgIpc) is 2.96. The van der Waals surface area contributed by atoms with Crippen molar-refractivity contribution in [2.24, 2.45) is 0 Å². The van der Waals surface area contributed by atoms with E-state index in [0.717, 1.165) is 21.6 Å². The first-order chi connectivity index (χ1) is 9.04. The quantitative estimate of drug-likeness (QED) is 0.758. The number of aromatic nitrogens is 3. The summed E-state index contributed by atoms with van der Waals surface area (Å²) in [6.45, 7) is 0. The zero-order valence-electron chi connectivity index (χ0n) is 9.27. The molecule has 19 heavy (non-hydrogen) atoms. The van der Waals surface area contributed by atoms with Crippen molar-refractivity contribution in [1.29, 1.82) is 0 Å². The molecule has 2 aromatic heterocycles. The molecule has 0 amide bonds. The van der Waals surface area contributed by atoms with Crippen molar-refractivity contribution in [3.05, 3.63) is 23.7 Å². The predicted molar refractivity (Wildman–Crippen MR) is 74.7 cm³/mol. The third kappa shape index (κ3) is 2.37. The van der Waals surface area contributed by atoms with Crippen LogP contribution in [0.1, 0.15) is 0 Å². The zero-order chi connectivity index (χ0) is 13.5. The van der Waals surface area contributed by atoms with Crippen molar-refractivity contribution in [2.75, 3.05) is 10.5 Å². The summed E-state index contributed by atoms with van der Waals surface area (Å²) in [7, 11) is -3.75. The molecule has 3 N–H and O–H groups in total. The van der Waals surface area contributed by atoms with E-state index in [1.807, 2.05) is 0 Å². The van der Waals surface area contributed by atoms with E-state index in [9.17, 15) is 8.42 Å². The highest BCUT2D eigenvalue weighted by molar-refractivity contribution is 7.94. The third-order valence-corrected chi connectivity index (χ3v) is 5.53. The lowest BCUT2D eigenvalue weighted by Crippen LogP contribution is -2.12. The molecular formula is C9H7N5O2S3. The summed E-state index contributed by atoms with van der Waals surface area (Å²) in [5.74, 6) is 0. The number of rotatable bonds is 3. The highest BCUT2D eigenvalue weighted by Gasteiger charge is 2.19. The molecule has 10 heteroatoms. The molecule has 0 saturated heterocycles. The first-order valence-corrected chi connectivity index (χ1v) is 8.17. The van der Waals surface area contributed by atoms with Gasteiger partial charge in [0.05, 0.1) is 21.4 Å². The van der Waals surface area contributed by atoms with Gasteiger partial charge in [-0.25, -0.2) is 4.98 Å². The second-order valence-electron chi connectivity index (χ2n) is 3.55. The van der Waals surface area contributed by atoms with E-state index in [4.69, 9.17) is 5.73 Å². The first kappa shape index (κ1) is 12.3. The van der Waals surface area contributed by atoms with Crippen molar-refractivity contribution in [2.45, 2.75) is 4.34 Å². The van der Waals surface area contributed by atoms with Crippen molar-refractivity contribution in [3.63, 3.8) is 0 Å². The number of thiazole rings is 1. The molecule has 0 aliphatic rings. The summed E-state index contributed by atoms with van der Waals surface area (Å²) in [6.07, 6.45) is 0. The molecule has 0 spiro atoms. The maximum atomic E-state index is 12.0. The Hall–Kier alpha value is -1.78. The number of nitrogens with one attached hydrogen (secondary N) is 1. The molecule has 3 rings (SSSR count). The Morgan fingerprint density at radius 1 is 1.26 bits per heavy atom. The van der Waals surface area contributed by atoms with Gasteiger partial charge in [0.2, 0.25) is 5.13 Å². The minimum absolute atomic E-state index is 0.110. The minimum atomic E-state index is -3.75. The van der Waals surface area contributed by atoms with E-state index >= 15 is 0 Å². The summed E-state index contributed by atoms with van der Waals surface area (Å²) >= 11 is 2.25. The second-order valence-corrected chi connectivity index (χ2v) is 7.30. The predicted octanol–water partition coefficient (Wildman–Crippen LogP) is 1.53. The van der Waals surface area contributed by atoms with E-state index in [0.29, 0.717) is 5.69 Å². The van der Waals surface area contributed by atoms with Gasteiger partial charge in [-0.2, -0.15) is 8.42 Å². The molecule has 98 valence electrons. The van der Waals surface area contributed by atoms with Crippen LogP contribution in [0.15, 0.2) is 28.0 Å². The van der Waals surface area contributed by atoms with Crippen LogP contribution in [-0.2, 0) is 10.0 Å². The van der Waals surface area contributed by atoms with Gasteiger partial charge in [-0.15, -0.1) is 21.5 Å². The smallest absolute Gasteiger partial charge is 0.291 e. The molecule has 2 heterocycles. The Morgan fingerprint density at radius 3 is 2.84 bits per heavy atom. The Kier molecular flexibility index (Phi) is 2.84. The number of sulfonamides is 1. The number of hydrogen-bond acceptors (Lipinski definition) is 8. The molecule has 0 atom stereocenters. The molecule has 0 bridgehead atoms. The number of nitrogen functional groups attached to an aromatic ring is 1. The fourth-order valence-electron chi connectivity index (χ4n) is 1.45. The number of nitrogens with zero attached hydrogens (tertiary/aromatic N) is 3. The molecule has 0 unspecified atom stereocenters. The molecule has 7 nitrogen and oxygen atoms in total. The SMILES string of the molecule is Nc1nnc(S(=O)(=O)Nc2ccc3ncsc3c2)s1. The molecule has 0 fully saturated rings. The van der Waals surface area contributed by atoms with E-state index in [1.165, 1.54) is 11.3 Å². The van der Waals surface area contributed by atoms with E-state index < -0.39 is 10.0 Å². The summed E-state index contributed by atoms with van der Waals surface area (Å²) in [4.78, 5) is 4.12. The molecule has 1 aromatic carbocycles. The molecular weight excluding hydrogens is 306 g/mol. The summed E-state index contributed by atoms with van der Waals surface area (Å²) in [5, 5.41) is 7.11. The van der Waals surface area contributed by atoms with Crippen molar-refractivity contribution >= 4 is 53.7 Å². The Balaban J connectivity index is 1.95. The van der Waals surface area contributed by atoms with Crippen LogP contribution in [0.4, 0.5) is 10.8 Å². The molecule has 0 aliphatic heterocycles. The van der Waals surface area contributed by atoms with E-state index in [2.05, 4.69) is 19.9 Å². The van der Waals surface area contributed by atoms with Gasteiger partial charge in [0.25, 0.3) is 14.4 Å². The number of hydrogen-bond donors (Lipinski definition) is 2. The highest BCUT2D eigenvalue weighted by atomic mass is 32.2. The normalized spacial score (nSPS) is 11.8. The van der Waals surface area contributed by atoms with Crippen LogP contribution in [0.25, 0.3) is 10.2 Å². The van der Waals surface area contributed by atoms with Crippen LogP contribution < -0.4 is 10.5 Å². The first-order valence-electron chi connectivity index (χ1n) is 5.00. The molecule has 0 saturated carbocycles. The number of anilines is 2. The maximum absolute atomic E-state index is 12.0. The standard InChI is InChI=1S/C9H7N5O2S3/c10-8-12-13-9(18-8)19(15,16)14-5-1-2-6-7(3-5)17-4-11-6/h1-4,14H,(H2,10,12).